The second-order valence-corrected chi connectivity index (χ2v) is 5.04. The van der Waals surface area contributed by atoms with Crippen molar-refractivity contribution in [3.05, 3.63) is 34.9 Å². The molecule has 1 fully saturated rings. The molecule has 3 heteroatoms. The van der Waals surface area contributed by atoms with Crippen LogP contribution in [0.25, 0.3) is 0 Å². The van der Waals surface area contributed by atoms with E-state index in [-0.39, 0.29) is 0 Å². The summed E-state index contributed by atoms with van der Waals surface area (Å²) in [6.45, 7) is 1.03. The fourth-order valence-corrected chi connectivity index (χ4v) is 2.40. The fourth-order valence-electron chi connectivity index (χ4n) is 2.27. The number of hydrogen-bond donors (Lipinski definition) is 2. The van der Waals surface area contributed by atoms with Crippen LogP contribution in [0.5, 0.6) is 0 Å². The third kappa shape index (κ3) is 3.48. The molecule has 3 N–H and O–H groups in total. The minimum absolute atomic E-state index is 0.410. The van der Waals surface area contributed by atoms with E-state index in [4.69, 9.17) is 17.3 Å². The summed E-state index contributed by atoms with van der Waals surface area (Å²) in [6.07, 6.45) is 4.57. The van der Waals surface area contributed by atoms with Gasteiger partial charge in [0.1, 0.15) is 0 Å². The van der Waals surface area contributed by atoms with Gasteiger partial charge in [-0.3, -0.25) is 0 Å². The first kappa shape index (κ1) is 11.9. The maximum Gasteiger partial charge on any atom is 0.0406 e. The molecule has 1 aliphatic rings. The Bertz CT molecular complexity index is 323. The van der Waals surface area contributed by atoms with Gasteiger partial charge in [-0.05, 0) is 49.9 Å². The Morgan fingerprint density at radius 2 is 2.00 bits per heavy atom. The molecule has 0 spiro atoms. The number of halogens is 1. The first-order valence-corrected chi connectivity index (χ1v) is 6.35. The summed E-state index contributed by atoms with van der Waals surface area (Å²) in [5.41, 5.74) is 7.20. The SMILES string of the molecule is NC1CCC(NCCc2ccc(Cl)cc2)C1. The molecule has 0 bridgehead atoms. The lowest BCUT2D eigenvalue weighted by atomic mass is 10.1. The van der Waals surface area contributed by atoms with Crippen LogP contribution in [0.4, 0.5) is 0 Å². The topological polar surface area (TPSA) is 38.0 Å². The second kappa shape index (κ2) is 5.67. The van der Waals surface area contributed by atoms with Gasteiger partial charge in [-0.15, -0.1) is 0 Å². The maximum absolute atomic E-state index is 5.87. The van der Waals surface area contributed by atoms with Crippen LogP contribution in [0, 0.1) is 0 Å². The Morgan fingerprint density at radius 1 is 1.25 bits per heavy atom. The molecule has 1 aromatic rings. The highest BCUT2D eigenvalue weighted by molar-refractivity contribution is 6.30. The van der Waals surface area contributed by atoms with E-state index in [1.807, 2.05) is 12.1 Å². The van der Waals surface area contributed by atoms with Gasteiger partial charge >= 0.3 is 0 Å². The molecule has 2 nitrogen and oxygen atoms in total. The number of nitrogens with two attached hydrogens (primary N) is 1. The normalized spacial score (nSPS) is 24.9. The van der Waals surface area contributed by atoms with Gasteiger partial charge in [0, 0.05) is 17.1 Å². The average molecular weight is 239 g/mol. The summed E-state index contributed by atoms with van der Waals surface area (Å²) < 4.78 is 0. The molecule has 0 aromatic heterocycles. The lowest BCUT2D eigenvalue weighted by Crippen LogP contribution is -2.30. The Balaban J connectivity index is 1.70. The van der Waals surface area contributed by atoms with Crippen LogP contribution in [0.15, 0.2) is 24.3 Å². The van der Waals surface area contributed by atoms with Crippen LogP contribution >= 0.6 is 11.6 Å². The van der Waals surface area contributed by atoms with Gasteiger partial charge in [-0.1, -0.05) is 23.7 Å². The quantitative estimate of drug-likeness (QED) is 0.845. The van der Waals surface area contributed by atoms with Crippen molar-refractivity contribution in [1.82, 2.24) is 5.32 Å². The minimum Gasteiger partial charge on any atom is -0.328 e. The molecule has 88 valence electrons. The Kier molecular flexibility index (Phi) is 4.22. The highest BCUT2D eigenvalue weighted by Gasteiger charge is 2.20. The first-order valence-electron chi connectivity index (χ1n) is 5.97. The van der Waals surface area contributed by atoms with Crippen molar-refractivity contribution in [3.8, 4) is 0 Å². The average Bonchev–Trinajstić information content (AvgIpc) is 2.67. The molecule has 2 rings (SSSR count). The molecule has 1 aromatic carbocycles. The summed E-state index contributed by atoms with van der Waals surface area (Å²) in [5.74, 6) is 0. The molecule has 1 saturated carbocycles. The van der Waals surface area contributed by atoms with Gasteiger partial charge in [0.05, 0.1) is 0 Å². The Hall–Kier alpha value is -0.570. The van der Waals surface area contributed by atoms with Gasteiger partial charge in [-0.25, -0.2) is 0 Å². The van der Waals surface area contributed by atoms with Crippen molar-refractivity contribution >= 4 is 11.6 Å². The van der Waals surface area contributed by atoms with Crippen LogP contribution in [0.1, 0.15) is 24.8 Å². The zero-order valence-electron chi connectivity index (χ0n) is 9.45. The summed E-state index contributed by atoms with van der Waals surface area (Å²) in [7, 11) is 0. The van der Waals surface area contributed by atoms with Gasteiger partial charge < -0.3 is 11.1 Å². The van der Waals surface area contributed by atoms with Crippen molar-refractivity contribution in [1.29, 1.82) is 0 Å². The molecule has 0 saturated heterocycles. The lowest BCUT2D eigenvalue weighted by molar-refractivity contribution is 0.520. The number of rotatable bonds is 4. The molecule has 0 heterocycles. The van der Waals surface area contributed by atoms with Crippen LogP contribution < -0.4 is 11.1 Å². The van der Waals surface area contributed by atoms with E-state index >= 15 is 0 Å². The third-order valence-corrected chi connectivity index (χ3v) is 3.49. The van der Waals surface area contributed by atoms with E-state index in [1.165, 1.54) is 18.4 Å². The summed E-state index contributed by atoms with van der Waals surface area (Å²) in [6, 6.07) is 9.11. The highest BCUT2D eigenvalue weighted by Crippen LogP contribution is 2.17. The zero-order chi connectivity index (χ0) is 11.4. The molecule has 0 radical (unpaired) electrons. The van der Waals surface area contributed by atoms with E-state index < -0.39 is 0 Å². The van der Waals surface area contributed by atoms with Crippen LogP contribution in [0.3, 0.4) is 0 Å². The molecular formula is C13H19ClN2. The van der Waals surface area contributed by atoms with Crippen molar-refractivity contribution in [2.75, 3.05) is 6.54 Å². The predicted octanol–water partition coefficient (Wildman–Crippen LogP) is 2.35. The minimum atomic E-state index is 0.410. The van der Waals surface area contributed by atoms with E-state index in [0.717, 1.165) is 24.4 Å². The van der Waals surface area contributed by atoms with Gasteiger partial charge in [-0.2, -0.15) is 0 Å². The summed E-state index contributed by atoms with van der Waals surface area (Å²) >= 11 is 5.84. The molecular weight excluding hydrogens is 220 g/mol. The number of benzene rings is 1. The fraction of sp³-hybridized carbons (Fsp3) is 0.538. The smallest absolute Gasteiger partial charge is 0.0406 e. The Labute approximate surface area is 102 Å². The predicted molar refractivity (Wildman–Crippen MR) is 68.8 cm³/mol. The van der Waals surface area contributed by atoms with Crippen molar-refractivity contribution in [2.45, 2.75) is 37.8 Å². The Morgan fingerprint density at radius 3 is 2.62 bits per heavy atom. The molecule has 2 atom stereocenters. The van der Waals surface area contributed by atoms with Crippen LogP contribution in [-0.4, -0.2) is 18.6 Å². The molecule has 16 heavy (non-hydrogen) atoms. The van der Waals surface area contributed by atoms with Crippen molar-refractivity contribution in [2.24, 2.45) is 5.73 Å². The van der Waals surface area contributed by atoms with E-state index in [9.17, 15) is 0 Å². The maximum atomic E-state index is 5.87. The third-order valence-electron chi connectivity index (χ3n) is 3.23. The number of hydrogen-bond acceptors (Lipinski definition) is 2. The second-order valence-electron chi connectivity index (χ2n) is 4.60. The molecule has 0 amide bonds. The number of nitrogens with one attached hydrogen (secondary N) is 1. The highest BCUT2D eigenvalue weighted by atomic mass is 35.5. The summed E-state index contributed by atoms with van der Waals surface area (Å²) in [5, 5.41) is 4.37. The van der Waals surface area contributed by atoms with E-state index in [1.54, 1.807) is 0 Å². The largest absolute Gasteiger partial charge is 0.328 e. The van der Waals surface area contributed by atoms with Crippen molar-refractivity contribution in [3.63, 3.8) is 0 Å². The summed E-state index contributed by atoms with van der Waals surface area (Å²) in [4.78, 5) is 0. The lowest BCUT2D eigenvalue weighted by Gasteiger charge is -2.12. The van der Waals surface area contributed by atoms with Crippen LogP contribution in [-0.2, 0) is 6.42 Å². The first-order chi connectivity index (χ1) is 7.74. The molecule has 2 unspecified atom stereocenters. The van der Waals surface area contributed by atoms with Crippen LogP contribution in [0.2, 0.25) is 5.02 Å². The van der Waals surface area contributed by atoms with Crippen molar-refractivity contribution < 1.29 is 0 Å². The monoisotopic (exact) mass is 238 g/mol. The van der Waals surface area contributed by atoms with Gasteiger partial charge in [0.2, 0.25) is 0 Å². The molecule has 0 aliphatic heterocycles. The van der Waals surface area contributed by atoms with Gasteiger partial charge in [0.25, 0.3) is 0 Å². The molecule has 1 aliphatic carbocycles. The van der Waals surface area contributed by atoms with E-state index in [2.05, 4.69) is 17.4 Å². The van der Waals surface area contributed by atoms with Gasteiger partial charge in [0.15, 0.2) is 0 Å². The van der Waals surface area contributed by atoms with E-state index in [0.29, 0.717) is 12.1 Å². The zero-order valence-corrected chi connectivity index (χ0v) is 10.2. The standard InChI is InChI=1S/C13H19ClN2/c14-11-3-1-10(2-4-11)7-8-16-13-6-5-12(15)9-13/h1-4,12-13,16H,5-9,15H2.